The van der Waals surface area contributed by atoms with Crippen molar-refractivity contribution in [2.75, 3.05) is 13.3 Å². The summed E-state index contributed by atoms with van der Waals surface area (Å²) in [6, 6.07) is 5.65. The van der Waals surface area contributed by atoms with Crippen LogP contribution in [0.3, 0.4) is 0 Å². The van der Waals surface area contributed by atoms with Crippen molar-refractivity contribution in [2.45, 2.75) is 18.3 Å². The van der Waals surface area contributed by atoms with Crippen molar-refractivity contribution in [3.63, 3.8) is 0 Å². The summed E-state index contributed by atoms with van der Waals surface area (Å²) in [6.45, 7) is -2.84. The molecule has 142 valence electrons. The second kappa shape index (κ2) is 7.87. The standard InChI is InChI=1S/C17H16F3N5OS/c1-23(10-14-21-7-8-24(14)16(19)20)15(26)13-9-22-17(27-2)25(13)12-5-3-11(18)4-6-12/h3-9,16H,10H2,1-2H3. The first kappa shape index (κ1) is 19.0. The highest BCUT2D eigenvalue weighted by atomic mass is 32.2. The molecule has 0 fully saturated rings. The fourth-order valence-corrected chi connectivity index (χ4v) is 3.14. The van der Waals surface area contributed by atoms with Gasteiger partial charge in [0.1, 0.15) is 17.3 Å². The van der Waals surface area contributed by atoms with Crippen LogP contribution in [-0.4, -0.2) is 43.2 Å². The molecule has 0 N–H and O–H groups in total. The highest BCUT2D eigenvalue weighted by Gasteiger charge is 2.23. The number of benzene rings is 1. The van der Waals surface area contributed by atoms with Crippen LogP contribution in [0.25, 0.3) is 5.69 Å². The molecule has 0 radical (unpaired) electrons. The summed E-state index contributed by atoms with van der Waals surface area (Å²) >= 11 is 1.33. The first-order valence-electron chi connectivity index (χ1n) is 7.85. The molecule has 10 heteroatoms. The second-order valence-electron chi connectivity index (χ2n) is 5.63. The van der Waals surface area contributed by atoms with Crippen molar-refractivity contribution in [2.24, 2.45) is 0 Å². The quantitative estimate of drug-likeness (QED) is 0.599. The lowest BCUT2D eigenvalue weighted by Gasteiger charge is -2.19. The van der Waals surface area contributed by atoms with E-state index in [0.29, 0.717) is 15.4 Å². The molecule has 0 saturated carbocycles. The number of alkyl halides is 2. The van der Waals surface area contributed by atoms with E-state index in [4.69, 9.17) is 0 Å². The van der Waals surface area contributed by atoms with Crippen molar-refractivity contribution in [1.82, 2.24) is 24.0 Å². The van der Waals surface area contributed by atoms with Gasteiger partial charge in [-0.05, 0) is 30.5 Å². The van der Waals surface area contributed by atoms with Crippen LogP contribution in [0, 0.1) is 5.82 Å². The molecule has 0 aliphatic heterocycles. The molecular formula is C17H16F3N5OS. The number of amides is 1. The molecule has 3 aromatic rings. The van der Waals surface area contributed by atoms with Crippen molar-refractivity contribution in [1.29, 1.82) is 0 Å². The van der Waals surface area contributed by atoms with Gasteiger partial charge in [0.25, 0.3) is 5.91 Å². The third-order valence-corrected chi connectivity index (χ3v) is 4.55. The molecular weight excluding hydrogens is 379 g/mol. The van der Waals surface area contributed by atoms with Crippen LogP contribution in [0.1, 0.15) is 22.9 Å². The lowest BCUT2D eigenvalue weighted by atomic mass is 10.3. The zero-order valence-electron chi connectivity index (χ0n) is 14.5. The number of hydrogen-bond acceptors (Lipinski definition) is 4. The van der Waals surface area contributed by atoms with Gasteiger partial charge in [-0.15, -0.1) is 0 Å². The summed E-state index contributed by atoms with van der Waals surface area (Å²) in [4.78, 5) is 22.3. The maximum Gasteiger partial charge on any atom is 0.319 e. The molecule has 1 amide bonds. The number of imidazole rings is 2. The Morgan fingerprint density at radius 1 is 1.26 bits per heavy atom. The van der Waals surface area contributed by atoms with Crippen molar-refractivity contribution in [3.8, 4) is 5.69 Å². The zero-order valence-corrected chi connectivity index (χ0v) is 15.3. The normalized spacial score (nSPS) is 11.2. The van der Waals surface area contributed by atoms with E-state index in [1.165, 1.54) is 60.4 Å². The Labute approximate surface area is 157 Å². The van der Waals surface area contributed by atoms with Crippen LogP contribution < -0.4 is 0 Å². The topological polar surface area (TPSA) is 56.0 Å². The number of rotatable bonds is 6. The van der Waals surface area contributed by atoms with Crippen LogP contribution in [0.4, 0.5) is 13.2 Å². The molecule has 2 aromatic heterocycles. The van der Waals surface area contributed by atoms with Crippen LogP contribution in [0.5, 0.6) is 0 Å². The molecule has 6 nitrogen and oxygen atoms in total. The van der Waals surface area contributed by atoms with Gasteiger partial charge >= 0.3 is 6.55 Å². The van der Waals surface area contributed by atoms with Gasteiger partial charge in [0.15, 0.2) is 5.16 Å². The van der Waals surface area contributed by atoms with E-state index in [1.54, 1.807) is 10.8 Å². The lowest BCUT2D eigenvalue weighted by Crippen LogP contribution is -2.29. The average molecular weight is 395 g/mol. The molecule has 0 saturated heterocycles. The van der Waals surface area contributed by atoms with Gasteiger partial charge in [0, 0.05) is 25.1 Å². The van der Waals surface area contributed by atoms with E-state index >= 15 is 0 Å². The van der Waals surface area contributed by atoms with E-state index in [-0.39, 0.29) is 18.1 Å². The van der Waals surface area contributed by atoms with Crippen LogP contribution in [-0.2, 0) is 6.54 Å². The van der Waals surface area contributed by atoms with Crippen molar-refractivity contribution in [3.05, 3.63) is 60.2 Å². The van der Waals surface area contributed by atoms with E-state index in [1.807, 2.05) is 0 Å². The van der Waals surface area contributed by atoms with E-state index in [2.05, 4.69) is 9.97 Å². The minimum Gasteiger partial charge on any atom is -0.333 e. The Bertz CT molecular complexity index is 938. The van der Waals surface area contributed by atoms with E-state index in [0.717, 1.165) is 6.20 Å². The SMILES string of the molecule is CSc1ncc(C(=O)N(C)Cc2nccn2C(F)F)n1-c1ccc(F)cc1. The molecule has 0 aliphatic carbocycles. The van der Waals surface area contributed by atoms with Gasteiger partial charge in [0.05, 0.1) is 12.7 Å². The molecule has 0 spiro atoms. The largest absolute Gasteiger partial charge is 0.333 e. The molecule has 0 atom stereocenters. The Morgan fingerprint density at radius 2 is 1.96 bits per heavy atom. The number of nitrogens with zero attached hydrogens (tertiary/aromatic N) is 5. The second-order valence-corrected chi connectivity index (χ2v) is 6.40. The molecule has 0 bridgehead atoms. The summed E-state index contributed by atoms with van der Waals surface area (Å²) in [5, 5.41) is 0.549. The molecule has 0 unspecified atom stereocenters. The monoisotopic (exact) mass is 395 g/mol. The molecule has 0 aliphatic rings. The minimum atomic E-state index is -2.74. The maximum atomic E-state index is 13.2. The molecule has 1 aromatic carbocycles. The smallest absolute Gasteiger partial charge is 0.319 e. The first-order valence-corrected chi connectivity index (χ1v) is 9.08. The summed E-state index contributed by atoms with van der Waals surface area (Å²) < 4.78 is 41.5. The predicted molar refractivity (Wildman–Crippen MR) is 94.6 cm³/mol. The molecule has 2 heterocycles. The summed E-state index contributed by atoms with van der Waals surface area (Å²) in [7, 11) is 1.49. The lowest BCUT2D eigenvalue weighted by molar-refractivity contribution is 0.0610. The number of aromatic nitrogens is 4. The predicted octanol–water partition coefficient (Wildman–Crippen LogP) is 3.60. The van der Waals surface area contributed by atoms with E-state index in [9.17, 15) is 18.0 Å². The average Bonchev–Trinajstić information content (AvgIpc) is 3.28. The van der Waals surface area contributed by atoms with Gasteiger partial charge in [0.2, 0.25) is 0 Å². The Hall–Kier alpha value is -2.75. The highest BCUT2D eigenvalue weighted by molar-refractivity contribution is 7.98. The number of carbonyl (C=O) groups excluding carboxylic acids is 1. The highest BCUT2D eigenvalue weighted by Crippen LogP contribution is 2.23. The van der Waals surface area contributed by atoms with Crippen molar-refractivity contribution < 1.29 is 18.0 Å². The first-order chi connectivity index (χ1) is 12.9. The molecule has 3 rings (SSSR count). The summed E-state index contributed by atoms with van der Waals surface area (Å²) in [6.07, 6.45) is 5.63. The Kier molecular flexibility index (Phi) is 5.54. The number of hydrogen-bond donors (Lipinski definition) is 0. The van der Waals surface area contributed by atoms with Gasteiger partial charge in [-0.25, -0.2) is 14.4 Å². The van der Waals surface area contributed by atoms with Gasteiger partial charge in [-0.1, -0.05) is 11.8 Å². The minimum absolute atomic E-state index is 0.0683. The zero-order chi connectivity index (χ0) is 19.6. The summed E-state index contributed by atoms with van der Waals surface area (Å²) in [5.41, 5.74) is 0.813. The van der Waals surface area contributed by atoms with Gasteiger partial charge in [-0.2, -0.15) is 8.78 Å². The Balaban J connectivity index is 1.91. The van der Waals surface area contributed by atoms with Crippen LogP contribution in [0.2, 0.25) is 0 Å². The van der Waals surface area contributed by atoms with Crippen molar-refractivity contribution >= 4 is 17.7 Å². The summed E-state index contributed by atoms with van der Waals surface area (Å²) in [5.74, 6) is -0.747. The van der Waals surface area contributed by atoms with Gasteiger partial charge in [-0.3, -0.25) is 13.9 Å². The fraction of sp³-hybridized carbons (Fsp3) is 0.235. The van der Waals surface area contributed by atoms with E-state index < -0.39 is 18.3 Å². The Morgan fingerprint density at radius 3 is 2.59 bits per heavy atom. The van der Waals surface area contributed by atoms with Crippen LogP contribution >= 0.6 is 11.8 Å². The fourth-order valence-electron chi connectivity index (χ4n) is 2.59. The maximum absolute atomic E-state index is 13.2. The number of carbonyl (C=O) groups is 1. The third-order valence-electron chi connectivity index (χ3n) is 3.90. The third kappa shape index (κ3) is 3.85. The number of thioether (sulfide) groups is 1. The number of halogens is 3. The van der Waals surface area contributed by atoms with Gasteiger partial charge < -0.3 is 4.90 Å². The van der Waals surface area contributed by atoms with Crippen LogP contribution in [0.15, 0.2) is 48.0 Å². The molecule has 27 heavy (non-hydrogen) atoms.